The van der Waals surface area contributed by atoms with Crippen molar-refractivity contribution in [3.63, 3.8) is 0 Å². The Balaban J connectivity index is 2.06. The average molecular weight is 583 g/mol. The molecule has 41 heavy (non-hydrogen) atoms. The third-order valence-corrected chi connectivity index (χ3v) is 8.08. The topological polar surface area (TPSA) is 139 Å². The molecule has 0 aliphatic carbocycles. The smallest absolute Gasteiger partial charge is 0.269 e. The fourth-order valence-electron chi connectivity index (χ4n) is 4.22. The van der Waals surface area contributed by atoms with Gasteiger partial charge in [0.1, 0.15) is 18.3 Å². The molecule has 0 saturated carbocycles. The second-order valence-electron chi connectivity index (χ2n) is 9.56. The highest BCUT2D eigenvalue weighted by Crippen LogP contribution is 2.27. The molecule has 0 fully saturated rings. The number of sulfonamides is 1. The molecule has 0 heterocycles. The van der Waals surface area contributed by atoms with Gasteiger partial charge in [0.25, 0.3) is 15.7 Å². The minimum Gasteiger partial charge on any atom is -0.497 e. The van der Waals surface area contributed by atoms with Crippen LogP contribution in [0.2, 0.25) is 0 Å². The van der Waals surface area contributed by atoms with E-state index in [2.05, 4.69) is 5.32 Å². The summed E-state index contributed by atoms with van der Waals surface area (Å²) in [5.74, 6) is -0.365. The number of benzene rings is 3. The summed E-state index contributed by atoms with van der Waals surface area (Å²) in [6.07, 6.45) is 0.281. The molecule has 12 heteroatoms. The number of ether oxygens (including phenoxy) is 1. The number of nitro groups is 1. The fourth-order valence-corrected chi connectivity index (χ4v) is 5.65. The molecular weight excluding hydrogens is 548 g/mol. The minimum atomic E-state index is -4.27. The van der Waals surface area contributed by atoms with Crippen LogP contribution < -0.4 is 14.4 Å². The minimum absolute atomic E-state index is 0.0341. The number of nitrogens with zero attached hydrogens (tertiary/aromatic N) is 3. The van der Waals surface area contributed by atoms with Crippen molar-refractivity contribution in [3.05, 3.63) is 94.5 Å². The summed E-state index contributed by atoms with van der Waals surface area (Å²) in [6.45, 7) is 4.78. The first-order valence-electron chi connectivity index (χ1n) is 13.0. The number of methoxy groups -OCH3 is 1. The summed E-state index contributed by atoms with van der Waals surface area (Å²) in [7, 11) is -2.73. The van der Waals surface area contributed by atoms with Gasteiger partial charge in [-0.05, 0) is 62.2 Å². The van der Waals surface area contributed by atoms with Crippen molar-refractivity contribution < 1.29 is 27.7 Å². The van der Waals surface area contributed by atoms with E-state index in [-0.39, 0.29) is 41.2 Å². The lowest BCUT2D eigenvalue weighted by molar-refractivity contribution is -0.384. The number of rotatable bonds is 13. The zero-order chi connectivity index (χ0) is 30.2. The van der Waals surface area contributed by atoms with E-state index in [4.69, 9.17) is 4.74 Å². The highest BCUT2D eigenvalue weighted by Gasteiger charge is 2.34. The normalized spacial score (nSPS) is 11.9. The van der Waals surface area contributed by atoms with Crippen molar-refractivity contribution in [1.82, 2.24) is 10.2 Å². The predicted octanol–water partition coefficient (Wildman–Crippen LogP) is 4.13. The van der Waals surface area contributed by atoms with Crippen LogP contribution in [0.4, 0.5) is 11.4 Å². The first-order valence-corrected chi connectivity index (χ1v) is 14.5. The van der Waals surface area contributed by atoms with Crippen LogP contribution in [0.1, 0.15) is 32.8 Å². The lowest BCUT2D eigenvalue weighted by atomic mass is 10.1. The second-order valence-corrected chi connectivity index (χ2v) is 11.4. The SMILES string of the molecule is CC[C@@H](C(=O)NC(C)C)N(Cc1ccc(OC)cc1)C(=O)CN(c1ccc([N+](=O)[O-])cc1)S(=O)(=O)c1ccccc1. The lowest BCUT2D eigenvalue weighted by Gasteiger charge is -2.33. The number of non-ortho nitro benzene ring substituents is 1. The molecule has 3 aromatic carbocycles. The van der Waals surface area contributed by atoms with E-state index in [9.17, 15) is 28.1 Å². The Morgan fingerprint density at radius 3 is 2.10 bits per heavy atom. The lowest BCUT2D eigenvalue weighted by Crippen LogP contribution is -2.53. The van der Waals surface area contributed by atoms with Crippen LogP contribution in [0.15, 0.2) is 83.8 Å². The van der Waals surface area contributed by atoms with Crippen molar-refractivity contribution >= 4 is 33.2 Å². The van der Waals surface area contributed by atoms with Crippen molar-refractivity contribution in [3.8, 4) is 5.75 Å². The number of anilines is 1. The van der Waals surface area contributed by atoms with Crippen molar-refractivity contribution in [2.24, 2.45) is 0 Å². The number of amides is 2. The Hall–Kier alpha value is -4.45. The van der Waals surface area contributed by atoms with E-state index in [0.29, 0.717) is 11.3 Å². The monoisotopic (exact) mass is 582 g/mol. The quantitative estimate of drug-likeness (QED) is 0.236. The van der Waals surface area contributed by atoms with E-state index in [1.54, 1.807) is 49.4 Å². The summed E-state index contributed by atoms with van der Waals surface area (Å²) in [6, 6.07) is 18.4. The Bertz CT molecular complexity index is 1440. The van der Waals surface area contributed by atoms with Gasteiger partial charge < -0.3 is 15.0 Å². The van der Waals surface area contributed by atoms with Gasteiger partial charge >= 0.3 is 0 Å². The summed E-state index contributed by atoms with van der Waals surface area (Å²) >= 11 is 0. The highest BCUT2D eigenvalue weighted by atomic mass is 32.2. The van der Waals surface area contributed by atoms with Crippen molar-refractivity contribution in [2.45, 2.75) is 50.7 Å². The van der Waals surface area contributed by atoms with Gasteiger partial charge in [0.2, 0.25) is 11.8 Å². The predicted molar refractivity (Wildman–Crippen MR) is 155 cm³/mol. The Morgan fingerprint density at radius 1 is 0.976 bits per heavy atom. The molecule has 11 nitrogen and oxygen atoms in total. The maximum absolute atomic E-state index is 14.0. The van der Waals surface area contributed by atoms with E-state index in [0.717, 1.165) is 4.31 Å². The number of carbonyl (C=O) groups excluding carboxylic acids is 2. The van der Waals surface area contributed by atoms with E-state index in [1.165, 1.54) is 48.4 Å². The maximum Gasteiger partial charge on any atom is 0.269 e. The van der Waals surface area contributed by atoms with Crippen LogP contribution in [0, 0.1) is 10.1 Å². The molecule has 0 aliphatic heterocycles. The summed E-state index contributed by atoms with van der Waals surface area (Å²) in [5.41, 5.74) is 0.550. The van der Waals surface area contributed by atoms with Gasteiger partial charge in [-0.15, -0.1) is 0 Å². The molecule has 1 atom stereocenters. The van der Waals surface area contributed by atoms with Crippen LogP contribution in [0.5, 0.6) is 5.75 Å². The number of hydrogen-bond donors (Lipinski definition) is 1. The van der Waals surface area contributed by atoms with Gasteiger partial charge in [-0.2, -0.15) is 0 Å². The Kier molecular flexibility index (Phi) is 10.4. The largest absolute Gasteiger partial charge is 0.497 e. The number of nitro benzene ring substituents is 1. The molecular formula is C29H34N4O7S. The second kappa shape index (κ2) is 13.8. The van der Waals surface area contributed by atoms with Crippen molar-refractivity contribution in [1.29, 1.82) is 0 Å². The van der Waals surface area contributed by atoms with Gasteiger partial charge in [0.05, 0.1) is 22.6 Å². The van der Waals surface area contributed by atoms with Crippen LogP contribution in [-0.2, 0) is 26.2 Å². The first-order chi connectivity index (χ1) is 19.5. The molecule has 0 unspecified atom stereocenters. The molecule has 0 spiro atoms. The molecule has 0 aliphatic rings. The summed E-state index contributed by atoms with van der Waals surface area (Å²) in [5, 5.41) is 14.0. The van der Waals surface area contributed by atoms with Gasteiger partial charge in [-0.3, -0.25) is 24.0 Å². The van der Waals surface area contributed by atoms with Crippen LogP contribution >= 0.6 is 0 Å². The van der Waals surface area contributed by atoms with Gasteiger partial charge in [0.15, 0.2) is 0 Å². The molecule has 0 radical (unpaired) electrons. The molecule has 0 saturated heterocycles. The van der Waals surface area contributed by atoms with Crippen LogP contribution in [0.3, 0.4) is 0 Å². The van der Waals surface area contributed by atoms with Crippen molar-refractivity contribution in [2.75, 3.05) is 18.0 Å². The van der Waals surface area contributed by atoms with Gasteiger partial charge in [-0.1, -0.05) is 37.3 Å². The standard InChI is InChI=1S/C29H34N4O7S/c1-5-27(29(35)30-21(2)3)31(19-22-11-17-25(40-4)18-12-22)28(34)20-32(23-13-15-24(16-14-23)33(36)37)41(38,39)26-9-7-6-8-10-26/h6-18,21,27H,5,19-20H2,1-4H3,(H,30,35)/t27-/m0/s1. The average Bonchev–Trinajstić information content (AvgIpc) is 2.96. The third-order valence-electron chi connectivity index (χ3n) is 6.29. The van der Waals surface area contributed by atoms with E-state index >= 15 is 0 Å². The highest BCUT2D eigenvalue weighted by molar-refractivity contribution is 7.92. The molecule has 3 aromatic rings. The first kappa shape index (κ1) is 31.1. The Morgan fingerprint density at radius 2 is 1.59 bits per heavy atom. The zero-order valence-electron chi connectivity index (χ0n) is 23.4. The van der Waals surface area contributed by atoms with Crippen LogP contribution in [0.25, 0.3) is 0 Å². The Labute approximate surface area is 239 Å². The maximum atomic E-state index is 14.0. The number of hydrogen-bond acceptors (Lipinski definition) is 7. The molecule has 3 rings (SSSR count). The molecule has 2 amide bonds. The molecule has 1 N–H and O–H groups in total. The molecule has 0 aromatic heterocycles. The van der Waals surface area contributed by atoms with E-state index in [1.807, 2.05) is 13.8 Å². The van der Waals surface area contributed by atoms with Gasteiger partial charge in [0, 0.05) is 24.7 Å². The van der Waals surface area contributed by atoms with Gasteiger partial charge in [-0.25, -0.2) is 8.42 Å². The third kappa shape index (κ3) is 7.82. The number of nitrogens with one attached hydrogen (secondary N) is 1. The molecule has 218 valence electrons. The summed E-state index contributed by atoms with van der Waals surface area (Å²) in [4.78, 5) is 39.1. The summed E-state index contributed by atoms with van der Waals surface area (Å²) < 4.78 is 33.7. The van der Waals surface area contributed by atoms with E-state index < -0.39 is 33.4 Å². The molecule has 0 bridgehead atoms. The van der Waals surface area contributed by atoms with Crippen LogP contribution in [-0.4, -0.2) is 55.8 Å². The number of carbonyl (C=O) groups is 2. The zero-order valence-corrected chi connectivity index (χ0v) is 24.2. The fraction of sp³-hybridized carbons (Fsp3) is 0.310.